The van der Waals surface area contributed by atoms with Gasteiger partial charge in [0.15, 0.2) is 0 Å². The second kappa shape index (κ2) is 7.05. The summed E-state index contributed by atoms with van der Waals surface area (Å²) in [5.41, 5.74) is 0.660. The quantitative estimate of drug-likeness (QED) is 0.804. The summed E-state index contributed by atoms with van der Waals surface area (Å²) in [6.45, 7) is 3.61. The van der Waals surface area contributed by atoms with Gasteiger partial charge in [0.25, 0.3) is 5.91 Å². The summed E-state index contributed by atoms with van der Waals surface area (Å²) >= 11 is 0. The Hall–Kier alpha value is -1.88. The number of nitrogens with one attached hydrogen (secondary N) is 1. The number of ether oxygens (including phenoxy) is 1. The molecule has 0 bridgehead atoms. The number of anilines is 1. The van der Waals surface area contributed by atoms with E-state index in [4.69, 9.17) is 9.84 Å². The van der Waals surface area contributed by atoms with Gasteiger partial charge in [-0.25, -0.2) is 0 Å². The van der Waals surface area contributed by atoms with Gasteiger partial charge in [-0.2, -0.15) is 0 Å². The van der Waals surface area contributed by atoms with Crippen LogP contribution in [0.5, 0.6) is 0 Å². The Morgan fingerprint density at radius 1 is 1.40 bits per heavy atom. The fourth-order valence-corrected chi connectivity index (χ4v) is 1.72. The minimum Gasteiger partial charge on any atom is -0.481 e. The average molecular weight is 279 g/mol. The van der Waals surface area contributed by atoms with Gasteiger partial charge in [0.2, 0.25) is 0 Å². The molecule has 0 aliphatic heterocycles. The number of hydrogen-bond acceptors (Lipinski definition) is 3. The zero-order valence-electron chi connectivity index (χ0n) is 12.1. The molecule has 0 aromatic heterocycles. The third kappa shape index (κ3) is 4.35. The first-order valence-corrected chi connectivity index (χ1v) is 6.58. The second-order valence-corrected chi connectivity index (χ2v) is 4.84. The van der Waals surface area contributed by atoms with Gasteiger partial charge in [0, 0.05) is 19.2 Å². The lowest BCUT2D eigenvalue weighted by Gasteiger charge is -2.25. The van der Waals surface area contributed by atoms with Crippen molar-refractivity contribution in [1.82, 2.24) is 0 Å². The smallest absolute Gasteiger partial charge is 0.303 e. The standard InChI is InChI=1S/C15H21NO4/c1-4-15(2,20-3)14(19)16-12-7-5-6-11(10-12)8-9-13(17)18/h5-7,10H,4,8-9H2,1-3H3,(H,16,19)(H,17,18). The minimum absolute atomic E-state index is 0.0716. The maximum atomic E-state index is 12.1. The molecule has 0 saturated heterocycles. The number of carbonyl (C=O) groups is 2. The molecule has 5 heteroatoms. The second-order valence-electron chi connectivity index (χ2n) is 4.84. The van der Waals surface area contributed by atoms with E-state index in [0.29, 0.717) is 18.5 Å². The summed E-state index contributed by atoms with van der Waals surface area (Å²) in [6.07, 6.45) is 1.07. The zero-order valence-corrected chi connectivity index (χ0v) is 12.1. The van der Waals surface area contributed by atoms with Gasteiger partial charge in [-0.1, -0.05) is 19.1 Å². The average Bonchev–Trinajstić information content (AvgIpc) is 2.44. The van der Waals surface area contributed by atoms with Crippen LogP contribution < -0.4 is 5.32 Å². The number of amides is 1. The number of carboxylic acid groups (broad SMARTS) is 1. The van der Waals surface area contributed by atoms with Gasteiger partial charge in [-0.15, -0.1) is 0 Å². The van der Waals surface area contributed by atoms with E-state index in [-0.39, 0.29) is 12.3 Å². The van der Waals surface area contributed by atoms with Gasteiger partial charge in [0.1, 0.15) is 5.60 Å². The largest absolute Gasteiger partial charge is 0.481 e. The Labute approximate surface area is 118 Å². The van der Waals surface area contributed by atoms with Gasteiger partial charge >= 0.3 is 5.97 Å². The molecular formula is C15H21NO4. The molecule has 1 unspecified atom stereocenters. The highest BCUT2D eigenvalue weighted by Gasteiger charge is 2.30. The first-order valence-electron chi connectivity index (χ1n) is 6.58. The maximum absolute atomic E-state index is 12.1. The SMILES string of the molecule is CCC(C)(OC)C(=O)Nc1cccc(CCC(=O)O)c1. The Balaban J connectivity index is 2.75. The lowest BCUT2D eigenvalue weighted by molar-refractivity contribution is -0.137. The molecule has 0 aliphatic carbocycles. The van der Waals surface area contributed by atoms with Crippen molar-refractivity contribution >= 4 is 17.6 Å². The van der Waals surface area contributed by atoms with E-state index in [2.05, 4.69) is 5.32 Å². The number of methoxy groups -OCH3 is 1. The van der Waals surface area contributed by atoms with Crippen molar-refractivity contribution in [3.63, 3.8) is 0 Å². The van der Waals surface area contributed by atoms with Crippen molar-refractivity contribution in [2.24, 2.45) is 0 Å². The highest BCUT2D eigenvalue weighted by molar-refractivity contribution is 5.97. The fraction of sp³-hybridized carbons (Fsp3) is 0.467. The van der Waals surface area contributed by atoms with Crippen LogP contribution >= 0.6 is 0 Å². The lowest BCUT2D eigenvalue weighted by atomic mass is 10.0. The van der Waals surface area contributed by atoms with Crippen LogP contribution in [0.25, 0.3) is 0 Å². The molecule has 0 saturated carbocycles. The van der Waals surface area contributed by atoms with E-state index in [1.807, 2.05) is 13.0 Å². The van der Waals surface area contributed by atoms with E-state index < -0.39 is 11.6 Å². The monoisotopic (exact) mass is 279 g/mol. The summed E-state index contributed by atoms with van der Waals surface area (Å²) < 4.78 is 5.24. The lowest BCUT2D eigenvalue weighted by Crippen LogP contribution is -2.41. The van der Waals surface area contributed by atoms with E-state index in [0.717, 1.165) is 5.56 Å². The summed E-state index contributed by atoms with van der Waals surface area (Å²) in [5.74, 6) is -1.05. The molecule has 0 spiro atoms. The molecule has 5 nitrogen and oxygen atoms in total. The third-order valence-electron chi connectivity index (χ3n) is 3.42. The molecule has 0 radical (unpaired) electrons. The molecule has 1 aromatic rings. The summed E-state index contributed by atoms with van der Waals surface area (Å²) in [5, 5.41) is 11.5. The molecule has 0 heterocycles. The van der Waals surface area contributed by atoms with E-state index in [9.17, 15) is 9.59 Å². The summed E-state index contributed by atoms with van der Waals surface area (Å²) in [7, 11) is 1.51. The first kappa shape index (κ1) is 16.2. The third-order valence-corrected chi connectivity index (χ3v) is 3.42. The first-order chi connectivity index (χ1) is 9.41. The highest BCUT2D eigenvalue weighted by Crippen LogP contribution is 2.19. The number of rotatable bonds is 7. The van der Waals surface area contributed by atoms with Crippen molar-refractivity contribution < 1.29 is 19.4 Å². The van der Waals surface area contributed by atoms with Gasteiger partial charge in [-0.05, 0) is 37.5 Å². The fourth-order valence-electron chi connectivity index (χ4n) is 1.72. The van der Waals surface area contributed by atoms with Crippen LogP contribution in [-0.4, -0.2) is 29.7 Å². The van der Waals surface area contributed by atoms with Crippen LogP contribution in [-0.2, 0) is 20.7 Å². The Morgan fingerprint density at radius 3 is 2.65 bits per heavy atom. The van der Waals surface area contributed by atoms with Crippen LogP contribution in [0.1, 0.15) is 32.3 Å². The van der Waals surface area contributed by atoms with Gasteiger partial charge < -0.3 is 15.2 Å². The van der Waals surface area contributed by atoms with Crippen molar-refractivity contribution in [1.29, 1.82) is 0 Å². The summed E-state index contributed by atoms with van der Waals surface area (Å²) in [4.78, 5) is 22.7. The molecule has 110 valence electrons. The Kier molecular flexibility index (Phi) is 5.70. The molecule has 2 N–H and O–H groups in total. The van der Waals surface area contributed by atoms with Crippen LogP contribution in [0.2, 0.25) is 0 Å². The topological polar surface area (TPSA) is 75.6 Å². The minimum atomic E-state index is -0.864. The zero-order chi connectivity index (χ0) is 15.2. The molecular weight excluding hydrogens is 258 g/mol. The normalized spacial score (nSPS) is 13.6. The molecule has 20 heavy (non-hydrogen) atoms. The van der Waals surface area contributed by atoms with Crippen LogP contribution in [0.4, 0.5) is 5.69 Å². The molecule has 1 rings (SSSR count). The molecule has 0 aliphatic rings. The number of carbonyl (C=O) groups excluding carboxylic acids is 1. The van der Waals surface area contributed by atoms with Crippen molar-refractivity contribution in [3.8, 4) is 0 Å². The van der Waals surface area contributed by atoms with Crippen LogP contribution in [0, 0.1) is 0 Å². The Bertz CT molecular complexity index is 481. The predicted molar refractivity (Wildman–Crippen MR) is 76.7 cm³/mol. The Morgan fingerprint density at radius 2 is 2.10 bits per heavy atom. The van der Waals surface area contributed by atoms with Crippen LogP contribution in [0.15, 0.2) is 24.3 Å². The number of hydrogen-bond donors (Lipinski definition) is 2. The van der Waals surface area contributed by atoms with Crippen LogP contribution in [0.3, 0.4) is 0 Å². The number of carboxylic acids is 1. The number of benzene rings is 1. The van der Waals surface area contributed by atoms with Crippen molar-refractivity contribution in [3.05, 3.63) is 29.8 Å². The molecule has 1 amide bonds. The van der Waals surface area contributed by atoms with Gasteiger partial charge in [-0.3, -0.25) is 9.59 Å². The molecule has 1 atom stereocenters. The highest BCUT2D eigenvalue weighted by atomic mass is 16.5. The van der Waals surface area contributed by atoms with E-state index >= 15 is 0 Å². The molecule has 1 aromatic carbocycles. The number of aliphatic carboxylic acids is 1. The van der Waals surface area contributed by atoms with Crippen molar-refractivity contribution in [2.75, 3.05) is 12.4 Å². The van der Waals surface area contributed by atoms with Gasteiger partial charge in [0.05, 0.1) is 0 Å². The van der Waals surface area contributed by atoms with E-state index in [1.54, 1.807) is 25.1 Å². The maximum Gasteiger partial charge on any atom is 0.303 e. The number of aryl methyl sites for hydroxylation is 1. The molecule has 0 fully saturated rings. The predicted octanol–water partition coefficient (Wildman–Crippen LogP) is 2.46. The van der Waals surface area contributed by atoms with Crippen molar-refractivity contribution in [2.45, 2.75) is 38.7 Å². The van der Waals surface area contributed by atoms with E-state index in [1.165, 1.54) is 7.11 Å². The summed E-state index contributed by atoms with van der Waals surface area (Å²) in [6, 6.07) is 7.19.